The highest BCUT2D eigenvalue weighted by Crippen LogP contribution is 2.24. The van der Waals surface area contributed by atoms with E-state index in [1.165, 1.54) is 6.07 Å². The molecule has 1 atom stereocenters. The molecule has 1 aromatic carbocycles. The largest absolute Gasteiger partial charge is 0.399 e. The van der Waals surface area contributed by atoms with Gasteiger partial charge in [0, 0.05) is 22.8 Å². The van der Waals surface area contributed by atoms with Crippen LogP contribution in [0.2, 0.25) is 0 Å². The average molecular weight is 323 g/mol. The van der Waals surface area contributed by atoms with Gasteiger partial charge in [-0.25, -0.2) is 13.1 Å². The first kappa shape index (κ1) is 14.4. The maximum Gasteiger partial charge on any atom is 0.242 e. The molecule has 0 amide bonds. The molecule has 0 radical (unpaired) electrons. The van der Waals surface area contributed by atoms with Crippen LogP contribution in [0.3, 0.4) is 0 Å². The third kappa shape index (κ3) is 3.95. The van der Waals surface area contributed by atoms with Gasteiger partial charge in [0.25, 0.3) is 0 Å². The van der Waals surface area contributed by atoms with Gasteiger partial charge in [-0.3, -0.25) is 0 Å². The van der Waals surface area contributed by atoms with E-state index < -0.39 is 10.0 Å². The van der Waals surface area contributed by atoms with E-state index in [1.54, 1.807) is 19.1 Å². The minimum Gasteiger partial charge on any atom is -0.399 e. The molecule has 4 N–H and O–H groups in total. The number of anilines is 1. The summed E-state index contributed by atoms with van der Waals surface area (Å²) >= 11 is 3.17. The van der Waals surface area contributed by atoms with E-state index in [-0.39, 0.29) is 17.5 Å². The summed E-state index contributed by atoms with van der Waals surface area (Å²) < 4.78 is 26.9. The minimum absolute atomic E-state index is 0.0677. The molecule has 1 rings (SSSR count). The molecular weight excluding hydrogens is 308 g/mol. The quantitative estimate of drug-likeness (QED) is 0.707. The molecule has 0 aliphatic heterocycles. The second-order valence-corrected chi connectivity index (χ2v) is 6.26. The van der Waals surface area contributed by atoms with Crippen molar-refractivity contribution < 1.29 is 13.5 Å². The number of aliphatic hydroxyl groups excluding tert-OH is 1. The lowest BCUT2D eigenvalue weighted by atomic mass is 10.3. The summed E-state index contributed by atoms with van der Waals surface area (Å²) in [7, 11) is -3.62. The van der Waals surface area contributed by atoms with E-state index in [0.717, 1.165) is 0 Å². The number of hydrogen-bond acceptors (Lipinski definition) is 4. The molecule has 17 heavy (non-hydrogen) atoms. The molecule has 0 spiro atoms. The van der Waals surface area contributed by atoms with Crippen molar-refractivity contribution in [2.24, 2.45) is 0 Å². The maximum absolute atomic E-state index is 12.0. The number of benzene rings is 1. The van der Waals surface area contributed by atoms with Gasteiger partial charge in [0.2, 0.25) is 10.0 Å². The summed E-state index contributed by atoms with van der Waals surface area (Å²) in [5, 5.41) is 8.74. The summed E-state index contributed by atoms with van der Waals surface area (Å²) in [4.78, 5) is 0.0993. The van der Waals surface area contributed by atoms with Crippen molar-refractivity contribution in [1.82, 2.24) is 4.72 Å². The number of nitrogen functional groups attached to an aromatic ring is 1. The maximum atomic E-state index is 12.0. The van der Waals surface area contributed by atoms with E-state index in [2.05, 4.69) is 20.7 Å². The second-order valence-electron chi connectivity index (χ2n) is 3.72. The number of halogens is 1. The van der Waals surface area contributed by atoms with Crippen molar-refractivity contribution in [3.63, 3.8) is 0 Å². The summed E-state index contributed by atoms with van der Waals surface area (Å²) in [6.45, 7) is 1.62. The van der Waals surface area contributed by atoms with Gasteiger partial charge in [0.1, 0.15) is 0 Å². The van der Waals surface area contributed by atoms with Crippen molar-refractivity contribution in [3.8, 4) is 0 Å². The first-order valence-electron chi connectivity index (χ1n) is 5.05. The fraction of sp³-hybridized carbons (Fsp3) is 0.400. The topological polar surface area (TPSA) is 92.4 Å². The van der Waals surface area contributed by atoms with Crippen LogP contribution < -0.4 is 10.5 Å². The molecule has 0 heterocycles. The minimum atomic E-state index is -3.62. The van der Waals surface area contributed by atoms with Crippen LogP contribution in [0.5, 0.6) is 0 Å². The summed E-state index contributed by atoms with van der Waals surface area (Å²) in [6, 6.07) is 4.25. The van der Waals surface area contributed by atoms with Crippen LogP contribution in [0, 0.1) is 0 Å². The van der Waals surface area contributed by atoms with Crippen molar-refractivity contribution in [2.75, 3.05) is 12.3 Å². The van der Waals surface area contributed by atoms with E-state index >= 15 is 0 Å². The van der Waals surface area contributed by atoms with Crippen LogP contribution in [0.1, 0.15) is 13.3 Å². The molecular formula is C10H15BrN2O3S. The zero-order valence-corrected chi connectivity index (χ0v) is 11.8. The second kappa shape index (κ2) is 5.81. The summed E-state index contributed by atoms with van der Waals surface area (Å²) in [5.74, 6) is 0. The fourth-order valence-corrected chi connectivity index (χ4v) is 3.58. The van der Waals surface area contributed by atoms with Gasteiger partial charge in [0.05, 0.1) is 4.90 Å². The molecule has 1 aromatic rings. The Morgan fingerprint density at radius 1 is 1.53 bits per heavy atom. The standard InChI is InChI=1S/C10H15BrN2O3S/c1-7(4-5-14)13-17(15,16)10-6-8(12)2-3-9(10)11/h2-3,6-7,13-14H,4-5,12H2,1H3. The highest BCUT2D eigenvalue weighted by atomic mass is 79.9. The fourth-order valence-electron chi connectivity index (χ4n) is 1.31. The van der Waals surface area contributed by atoms with E-state index in [9.17, 15) is 8.42 Å². The van der Waals surface area contributed by atoms with Gasteiger partial charge in [-0.1, -0.05) is 0 Å². The number of rotatable bonds is 5. The Kier molecular flexibility index (Phi) is 4.93. The van der Waals surface area contributed by atoms with Crippen LogP contribution >= 0.6 is 15.9 Å². The average Bonchev–Trinajstić information content (AvgIpc) is 2.21. The Morgan fingerprint density at radius 2 is 2.18 bits per heavy atom. The zero-order valence-electron chi connectivity index (χ0n) is 9.35. The van der Waals surface area contributed by atoms with Gasteiger partial charge in [-0.15, -0.1) is 0 Å². The Hall–Kier alpha value is -0.630. The number of nitrogens with two attached hydrogens (primary N) is 1. The zero-order chi connectivity index (χ0) is 13.1. The number of aliphatic hydroxyl groups is 1. The van der Waals surface area contributed by atoms with Crippen LogP contribution in [0.25, 0.3) is 0 Å². The van der Waals surface area contributed by atoms with Gasteiger partial charge >= 0.3 is 0 Å². The number of nitrogens with one attached hydrogen (secondary N) is 1. The molecule has 0 aliphatic rings. The van der Waals surface area contributed by atoms with Crippen LogP contribution in [-0.2, 0) is 10.0 Å². The lowest BCUT2D eigenvalue weighted by Crippen LogP contribution is -2.33. The molecule has 5 nitrogen and oxygen atoms in total. The SMILES string of the molecule is CC(CCO)NS(=O)(=O)c1cc(N)ccc1Br. The van der Waals surface area contributed by atoms with Crippen LogP contribution in [0.15, 0.2) is 27.6 Å². The molecule has 96 valence electrons. The van der Waals surface area contributed by atoms with Crippen LogP contribution in [0.4, 0.5) is 5.69 Å². The number of hydrogen-bond donors (Lipinski definition) is 3. The van der Waals surface area contributed by atoms with E-state index in [0.29, 0.717) is 16.6 Å². The van der Waals surface area contributed by atoms with Gasteiger partial charge in [-0.05, 0) is 47.5 Å². The van der Waals surface area contributed by atoms with Crippen molar-refractivity contribution in [2.45, 2.75) is 24.3 Å². The van der Waals surface area contributed by atoms with Crippen molar-refractivity contribution in [3.05, 3.63) is 22.7 Å². The molecule has 0 fully saturated rings. The Labute approximate surface area is 109 Å². The van der Waals surface area contributed by atoms with Gasteiger partial charge < -0.3 is 10.8 Å². The third-order valence-electron chi connectivity index (χ3n) is 2.16. The number of sulfonamides is 1. The predicted octanol–water partition coefficient (Wildman–Crippen LogP) is 1.08. The van der Waals surface area contributed by atoms with Crippen molar-refractivity contribution >= 4 is 31.6 Å². The Balaban J connectivity index is 3.01. The lowest BCUT2D eigenvalue weighted by Gasteiger charge is -2.14. The van der Waals surface area contributed by atoms with Gasteiger partial charge in [-0.2, -0.15) is 0 Å². The van der Waals surface area contributed by atoms with Crippen molar-refractivity contribution in [1.29, 1.82) is 0 Å². The Morgan fingerprint density at radius 3 is 2.76 bits per heavy atom. The molecule has 0 bridgehead atoms. The molecule has 0 aliphatic carbocycles. The molecule has 0 saturated heterocycles. The van der Waals surface area contributed by atoms with Crippen LogP contribution in [-0.4, -0.2) is 26.2 Å². The van der Waals surface area contributed by atoms with E-state index in [4.69, 9.17) is 10.8 Å². The lowest BCUT2D eigenvalue weighted by molar-refractivity contribution is 0.275. The van der Waals surface area contributed by atoms with Gasteiger partial charge in [0.15, 0.2) is 0 Å². The molecule has 1 unspecified atom stereocenters. The molecule has 0 aromatic heterocycles. The summed E-state index contributed by atoms with van der Waals surface area (Å²) in [5.41, 5.74) is 5.94. The first-order valence-corrected chi connectivity index (χ1v) is 7.32. The third-order valence-corrected chi connectivity index (χ3v) is 4.75. The van der Waals surface area contributed by atoms with E-state index in [1.807, 2.05) is 0 Å². The Bertz CT molecular complexity index is 490. The normalized spacial score (nSPS) is 13.6. The highest BCUT2D eigenvalue weighted by Gasteiger charge is 2.20. The first-order chi connectivity index (χ1) is 7.86. The predicted molar refractivity (Wildman–Crippen MR) is 70.0 cm³/mol. The molecule has 7 heteroatoms. The monoisotopic (exact) mass is 322 g/mol. The summed E-state index contributed by atoms with van der Waals surface area (Å²) in [6.07, 6.45) is 0.360. The molecule has 0 saturated carbocycles. The highest BCUT2D eigenvalue weighted by molar-refractivity contribution is 9.10. The smallest absolute Gasteiger partial charge is 0.242 e.